The number of nitrogens with zero attached hydrogens (tertiary/aromatic N) is 2. The SMILES string of the molecule is Cc1ccc2ccnc(N3CCC(N)CC3)c2c1. The van der Waals surface area contributed by atoms with Gasteiger partial charge in [0, 0.05) is 30.7 Å². The molecule has 1 aromatic heterocycles. The first-order valence-electron chi connectivity index (χ1n) is 6.60. The summed E-state index contributed by atoms with van der Waals surface area (Å²) in [5, 5.41) is 2.52. The van der Waals surface area contributed by atoms with Crippen LogP contribution in [0.5, 0.6) is 0 Å². The highest BCUT2D eigenvalue weighted by Crippen LogP contribution is 2.27. The van der Waals surface area contributed by atoms with E-state index in [-0.39, 0.29) is 0 Å². The number of rotatable bonds is 1. The van der Waals surface area contributed by atoms with Gasteiger partial charge >= 0.3 is 0 Å². The third-order valence-corrected chi connectivity index (χ3v) is 3.74. The fourth-order valence-corrected chi connectivity index (χ4v) is 2.63. The van der Waals surface area contributed by atoms with Crippen molar-refractivity contribution in [1.29, 1.82) is 0 Å². The molecule has 1 aromatic carbocycles. The zero-order valence-electron chi connectivity index (χ0n) is 10.8. The molecule has 1 aliphatic heterocycles. The molecule has 2 N–H and O–H groups in total. The fraction of sp³-hybridized carbons (Fsp3) is 0.400. The van der Waals surface area contributed by atoms with Crippen LogP contribution in [-0.4, -0.2) is 24.1 Å². The Bertz CT molecular complexity index is 557. The second-order valence-electron chi connectivity index (χ2n) is 5.18. The fourth-order valence-electron chi connectivity index (χ4n) is 2.63. The minimum atomic E-state index is 0.359. The molecule has 0 radical (unpaired) electrons. The summed E-state index contributed by atoms with van der Waals surface area (Å²) in [5.41, 5.74) is 7.25. The van der Waals surface area contributed by atoms with Crippen LogP contribution < -0.4 is 10.6 Å². The van der Waals surface area contributed by atoms with Crippen LogP contribution in [-0.2, 0) is 0 Å². The van der Waals surface area contributed by atoms with Crippen molar-refractivity contribution >= 4 is 16.6 Å². The van der Waals surface area contributed by atoms with Gasteiger partial charge in [0.1, 0.15) is 5.82 Å². The number of benzene rings is 1. The molecule has 3 heteroatoms. The minimum Gasteiger partial charge on any atom is -0.356 e. The van der Waals surface area contributed by atoms with Crippen LogP contribution in [0.3, 0.4) is 0 Å². The molecule has 0 aliphatic carbocycles. The highest BCUT2D eigenvalue weighted by Gasteiger charge is 2.18. The maximum atomic E-state index is 5.96. The van der Waals surface area contributed by atoms with Gasteiger partial charge in [-0.15, -0.1) is 0 Å². The van der Waals surface area contributed by atoms with E-state index in [2.05, 4.69) is 41.1 Å². The summed E-state index contributed by atoms with van der Waals surface area (Å²) in [7, 11) is 0. The molecular formula is C15H19N3. The van der Waals surface area contributed by atoms with Crippen LogP contribution in [0.15, 0.2) is 30.5 Å². The summed E-state index contributed by atoms with van der Waals surface area (Å²) in [4.78, 5) is 6.95. The Morgan fingerprint density at radius 1 is 1.22 bits per heavy atom. The molecule has 1 saturated heterocycles. The standard InChI is InChI=1S/C15H19N3/c1-11-2-3-12-4-7-17-15(14(12)10-11)18-8-5-13(16)6-9-18/h2-4,7,10,13H,5-6,8-9,16H2,1H3. The number of hydrogen-bond acceptors (Lipinski definition) is 3. The molecule has 94 valence electrons. The number of hydrogen-bond donors (Lipinski definition) is 1. The first kappa shape index (κ1) is 11.5. The van der Waals surface area contributed by atoms with Gasteiger partial charge in [0.15, 0.2) is 0 Å². The van der Waals surface area contributed by atoms with Crippen molar-refractivity contribution < 1.29 is 0 Å². The van der Waals surface area contributed by atoms with Crippen molar-refractivity contribution in [2.75, 3.05) is 18.0 Å². The Kier molecular flexibility index (Phi) is 2.92. The average Bonchev–Trinajstić information content (AvgIpc) is 2.39. The van der Waals surface area contributed by atoms with Gasteiger partial charge in [-0.3, -0.25) is 0 Å². The van der Waals surface area contributed by atoms with Crippen molar-refractivity contribution in [2.24, 2.45) is 5.73 Å². The second-order valence-corrected chi connectivity index (χ2v) is 5.18. The monoisotopic (exact) mass is 241 g/mol. The Morgan fingerprint density at radius 2 is 2.00 bits per heavy atom. The molecule has 1 aliphatic rings. The molecule has 2 heterocycles. The van der Waals surface area contributed by atoms with E-state index in [1.165, 1.54) is 16.3 Å². The first-order chi connectivity index (χ1) is 8.74. The third kappa shape index (κ3) is 2.06. The lowest BCUT2D eigenvalue weighted by Crippen LogP contribution is -2.40. The van der Waals surface area contributed by atoms with Crippen molar-refractivity contribution in [3.63, 3.8) is 0 Å². The summed E-state index contributed by atoms with van der Waals surface area (Å²) >= 11 is 0. The van der Waals surface area contributed by atoms with Gasteiger partial charge in [-0.05, 0) is 37.3 Å². The molecular weight excluding hydrogens is 222 g/mol. The molecule has 0 saturated carbocycles. The molecule has 2 aromatic rings. The summed E-state index contributed by atoms with van der Waals surface area (Å²) < 4.78 is 0. The Labute approximate surface area is 108 Å². The van der Waals surface area contributed by atoms with Crippen LogP contribution in [0.1, 0.15) is 18.4 Å². The Morgan fingerprint density at radius 3 is 2.78 bits per heavy atom. The minimum absolute atomic E-state index is 0.359. The number of pyridine rings is 1. The van der Waals surface area contributed by atoms with Crippen molar-refractivity contribution in [3.05, 3.63) is 36.0 Å². The van der Waals surface area contributed by atoms with E-state index in [0.717, 1.165) is 31.7 Å². The van der Waals surface area contributed by atoms with Gasteiger partial charge < -0.3 is 10.6 Å². The summed E-state index contributed by atoms with van der Waals surface area (Å²) in [6, 6.07) is 8.99. The van der Waals surface area contributed by atoms with E-state index in [4.69, 9.17) is 5.73 Å². The number of aryl methyl sites for hydroxylation is 1. The molecule has 0 amide bonds. The highest BCUT2D eigenvalue weighted by molar-refractivity contribution is 5.92. The van der Waals surface area contributed by atoms with Crippen molar-refractivity contribution in [2.45, 2.75) is 25.8 Å². The zero-order chi connectivity index (χ0) is 12.5. The van der Waals surface area contributed by atoms with Crippen LogP contribution in [0.25, 0.3) is 10.8 Å². The topological polar surface area (TPSA) is 42.2 Å². The highest BCUT2D eigenvalue weighted by atomic mass is 15.2. The van der Waals surface area contributed by atoms with E-state index < -0.39 is 0 Å². The normalized spacial score (nSPS) is 17.3. The Balaban J connectivity index is 2.03. The molecule has 0 unspecified atom stereocenters. The lowest BCUT2D eigenvalue weighted by molar-refractivity contribution is 0.499. The predicted molar refractivity (Wildman–Crippen MR) is 75.9 cm³/mol. The number of aromatic nitrogens is 1. The zero-order valence-corrected chi connectivity index (χ0v) is 10.8. The number of anilines is 1. The molecule has 3 nitrogen and oxygen atoms in total. The van der Waals surface area contributed by atoms with Crippen LogP contribution in [0, 0.1) is 6.92 Å². The average molecular weight is 241 g/mol. The van der Waals surface area contributed by atoms with E-state index in [0.29, 0.717) is 6.04 Å². The van der Waals surface area contributed by atoms with Gasteiger partial charge in [0.25, 0.3) is 0 Å². The van der Waals surface area contributed by atoms with Gasteiger partial charge in [-0.2, -0.15) is 0 Å². The number of fused-ring (bicyclic) bond motifs is 1. The quantitative estimate of drug-likeness (QED) is 0.834. The first-order valence-corrected chi connectivity index (χ1v) is 6.60. The Hall–Kier alpha value is -1.61. The maximum Gasteiger partial charge on any atom is 0.136 e. The smallest absolute Gasteiger partial charge is 0.136 e. The van der Waals surface area contributed by atoms with E-state index in [1.807, 2.05) is 6.20 Å². The molecule has 0 spiro atoms. The van der Waals surface area contributed by atoms with Gasteiger partial charge in [-0.25, -0.2) is 4.98 Å². The van der Waals surface area contributed by atoms with Gasteiger partial charge in [0.2, 0.25) is 0 Å². The lowest BCUT2D eigenvalue weighted by atomic mass is 10.0. The summed E-state index contributed by atoms with van der Waals surface area (Å²) in [6.45, 7) is 4.16. The van der Waals surface area contributed by atoms with Crippen molar-refractivity contribution in [3.8, 4) is 0 Å². The summed E-state index contributed by atoms with van der Waals surface area (Å²) in [6.07, 6.45) is 4.02. The van der Waals surface area contributed by atoms with Crippen LogP contribution in [0.4, 0.5) is 5.82 Å². The van der Waals surface area contributed by atoms with E-state index in [1.54, 1.807) is 0 Å². The molecule has 0 atom stereocenters. The maximum absolute atomic E-state index is 5.96. The van der Waals surface area contributed by atoms with E-state index in [9.17, 15) is 0 Å². The summed E-state index contributed by atoms with van der Waals surface area (Å²) in [5.74, 6) is 1.11. The molecule has 3 rings (SSSR count). The van der Waals surface area contributed by atoms with Gasteiger partial charge in [-0.1, -0.05) is 17.7 Å². The van der Waals surface area contributed by atoms with Crippen LogP contribution >= 0.6 is 0 Å². The number of nitrogens with two attached hydrogens (primary N) is 1. The number of piperidine rings is 1. The molecule has 1 fully saturated rings. The molecule has 0 bridgehead atoms. The van der Waals surface area contributed by atoms with Crippen molar-refractivity contribution in [1.82, 2.24) is 4.98 Å². The second kappa shape index (κ2) is 4.58. The molecule has 18 heavy (non-hydrogen) atoms. The van der Waals surface area contributed by atoms with E-state index >= 15 is 0 Å². The third-order valence-electron chi connectivity index (χ3n) is 3.74. The predicted octanol–water partition coefficient (Wildman–Crippen LogP) is 2.47. The van der Waals surface area contributed by atoms with Gasteiger partial charge in [0.05, 0.1) is 0 Å². The largest absolute Gasteiger partial charge is 0.356 e. The van der Waals surface area contributed by atoms with Crippen LogP contribution in [0.2, 0.25) is 0 Å². The lowest BCUT2D eigenvalue weighted by Gasteiger charge is -2.31.